The summed E-state index contributed by atoms with van der Waals surface area (Å²) in [7, 11) is 0. The fraction of sp³-hybridized carbons (Fsp3) is 0.562. The van der Waals surface area contributed by atoms with Crippen LogP contribution in [0, 0.1) is 13.8 Å². The second kappa shape index (κ2) is 7.41. The minimum atomic E-state index is -0.568. The van der Waals surface area contributed by atoms with Crippen LogP contribution in [0.1, 0.15) is 17.5 Å². The van der Waals surface area contributed by atoms with Crippen molar-refractivity contribution in [2.45, 2.75) is 26.4 Å². The second-order valence-electron chi connectivity index (χ2n) is 5.38. The van der Waals surface area contributed by atoms with E-state index >= 15 is 0 Å². The Morgan fingerprint density at radius 1 is 1.43 bits per heavy atom. The highest BCUT2D eigenvalue weighted by Gasteiger charge is 2.22. The second-order valence-corrected chi connectivity index (χ2v) is 5.38. The zero-order chi connectivity index (χ0) is 15.2. The summed E-state index contributed by atoms with van der Waals surface area (Å²) in [5.74, 6) is 0.553. The van der Waals surface area contributed by atoms with E-state index in [0.29, 0.717) is 25.4 Å². The van der Waals surface area contributed by atoms with Gasteiger partial charge in [0.15, 0.2) is 6.61 Å². The van der Waals surface area contributed by atoms with Crippen molar-refractivity contribution >= 4 is 5.91 Å². The van der Waals surface area contributed by atoms with Crippen LogP contribution in [0.4, 0.5) is 4.39 Å². The van der Waals surface area contributed by atoms with Crippen LogP contribution < -0.4 is 4.74 Å². The summed E-state index contributed by atoms with van der Waals surface area (Å²) in [6.45, 7) is 4.82. The van der Waals surface area contributed by atoms with Crippen molar-refractivity contribution < 1.29 is 18.7 Å². The van der Waals surface area contributed by atoms with Gasteiger partial charge in [-0.15, -0.1) is 0 Å². The van der Waals surface area contributed by atoms with Gasteiger partial charge in [-0.05, 0) is 43.5 Å². The van der Waals surface area contributed by atoms with E-state index in [1.165, 1.54) is 5.56 Å². The number of benzene rings is 1. The molecule has 0 spiro atoms. The molecule has 1 fully saturated rings. The maximum atomic E-state index is 12.7. The van der Waals surface area contributed by atoms with Crippen molar-refractivity contribution in [1.29, 1.82) is 0 Å². The molecule has 116 valence electrons. The van der Waals surface area contributed by atoms with Crippen LogP contribution in [-0.2, 0) is 9.53 Å². The number of hydrogen-bond acceptors (Lipinski definition) is 3. The zero-order valence-corrected chi connectivity index (χ0v) is 12.6. The number of carbonyl (C=O) groups excluding carboxylic acids is 1. The number of rotatable bonds is 4. The topological polar surface area (TPSA) is 38.8 Å². The first kappa shape index (κ1) is 15.8. The third kappa shape index (κ3) is 4.43. The lowest BCUT2D eigenvalue weighted by Gasteiger charge is -2.22. The predicted octanol–water partition coefficient (Wildman–Crippen LogP) is 2.27. The fourth-order valence-electron chi connectivity index (χ4n) is 2.26. The van der Waals surface area contributed by atoms with E-state index in [-0.39, 0.29) is 12.5 Å². The maximum Gasteiger partial charge on any atom is 0.260 e. The average molecular weight is 295 g/mol. The molecule has 0 bridgehead atoms. The lowest BCUT2D eigenvalue weighted by molar-refractivity contribution is -0.134. The minimum Gasteiger partial charge on any atom is -0.484 e. The predicted molar refractivity (Wildman–Crippen MR) is 78.3 cm³/mol. The molecule has 0 N–H and O–H groups in total. The number of carbonyl (C=O) groups is 1. The molecule has 1 atom stereocenters. The number of hydrogen-bond donors (Lipinski definition) is 0. The molecule has 1 saturated heterocycles. The normalized spacial score (nSPS) is 19.2. The summed E-state index contributed by atoms with van der Waals surface area (Å²) < 4.78 is 23.6. The maximum absolute atomic E-state index is 12.7. The van der Waals surface area contributed by atoms with E-state index in [1.807, 2.05) is 32.0 Å². The molecule has 1 aliphatic rings. The third-order valence-electron chi connectivity index (χ3n) is 3.72. The van der Waals surface area contributed by atoms with Gasteiger partial charge in [0.25, 0.3) is 5.91 Å². The van der Waals surface area contributed by atoms with Crippen molar-refractivity contribution in [1.82, 2.24) is 4.90 Å². The Hall–Kier alpha value is -1.62. The van der Waals surface area contributed by atoms with Gasteiger partial charge in [0.2, 0.25) is 0 Å². The van der Waals surface area contributed by atoms with Gasteiger partial charge in [-0.2, -0.15) is 0 Å². The van der Waals surface area contributed by atoms with Crippen LogP contribution >= 0.6 is 0 Å². The molecule has 1 aromatic carbocycles. The monoisotopic (exact) mass is 295 g/mol. The number of aryl methyl sites for hydroxylation is 2. The number of nitrogens with zero attached hydrogens (tertiary/aromatic N) is 1. The third-order valence-corrected chi connectivity index (χ3v) is 3.72. The lowest BCUT2D eigenvalue weighted by Crippen LogP contribution is -2.40. The van der Waals surface area contributed by atoms with Crippen LogP contribution in [0.5, 0.6) is 5.75 Å². The van der Waals surface area contributed by atoms with Gasteiger partial charge in [-0.25, -0.2) is 4.39 Å². The molecule has 2 rings (SSSR count). The van der Waals surface area contributed by atoms with Gasteiger partial charge in [-0.1, -0.05) is 6.07 Å². The van der Waals surface area contributed by atoms with E-state index in [4.69, 9.17) is 9.47 Å². The molecule has 0 radical (unpaired) electrons. The minimum absolute atomic E-state index is 0.0263. The Labute approximate surface area is 124 Å². The van der Waals surface area contributed by atoms with Crippen molar-refractivity contribution in [2.24, 2.45) is 0 Å². The molecule has 1 aliphatic heterocycles. The first-order chi connectivity index (χ1) is 10.1. The quantitative estimate of drug-likeness (QED) is 0.855. The Kier molecular flexibility index (Phi) is 5.56. The van der Waals surface area contributed by atoms with Crippen LogP contribution in [-0.4, -0.2) is 49.9 Å². The standard InChI is InChI=1S/C16H22FNO3/c1-12-4-5-14(8-13(12)2)21-11-16(19)18-6-3-7-20-15(9-17)10-18/h4-5,8,15H,3,6-7,9-11H2,1-2H3/t15-/m1/s1. The molecule has 1 aromatic rings. The molecule has 1 amide bonds. The van der Waals surface area contributed by atoms with Gasteiger partial charge < -0.3 is 14.4 Å². The molecule has 0 aromatic heterocycles. The SMILES string of the molecule is Cc1ccc(OCC(=O)N2CCCO[C@H](CF)C2)cc1C. The van der Waals surface area contributed by atoms with Crippen LogP contribution in [0.25, 0.3) is 0 Å². The molecule has 0 aliphatic carbocycles. The number of ether oxygens (including phenoxy) is 2. The number of halogens is 1. The summed E-state index contributed by atoms with van der Waals surface area (Å²) >= 11 is 0. The Bertz CT molecular complexity index is 492. The summed E-state index contributed by atoms with van der Waals surface area (Å²) in [4.78, 5) is 13.8. The van der Waals surface area contributed by atoms with E-state index in [9.17, 15) is 9.18 Å². The molecule has 4 nitrogen and oxygen atoms in total. The Morgan fingerprint density at radius 2 is 2.24 bits per heavy atom. The molecular formula is C16H22FNO3. The van der Waals surface area contributed by atoms with Crippen LogP contribution in [0.3, 0.4) is 0 Å². The highest BCUT2D eigenvalue weighted by Crippen LogP contribution is 2.16. The van der Waals surface area contributed by atoms with Gasteiger partial charge in [0, 0.05) is 19.7 Å². The van der Waals surface area contributed by atoms with Gasteiger partial charge in [0.1, 0.15) is 18.5 Å². The van der Waals surface area contributed by atoms with Gasteiger partial charge >= 0.3 is 0 Å². The highest BCUT2D eigenvalue weighted by atomic mass is 19.1. The van der Waals surface area contributed by atoms with Crippen LogP contribution in [0.2, 0.25) is 0 Å². The molecule has 21 heavy (non-hydrogen) atoms. The highest BCUT2D eigenvalue weighted by molar-refractivity contribution is 5.77. The summed E-state index contributed by atoms with van der Waals surface area (Å²) in [5.41, 5.74) is 2.31. The van der Waals surface area contributed by atoms with Crippen LogP contribution in [0.15, 0.2) is 18.2 Å². The Morgan fingerprint density at radius 3 is 2.95 bits per heavy atom. The van der Waals surface area contributed by atoms with Gasteiger partial charge in [-0.3, -0.25) is 4.79 Å². The fourth-order valence-corrected chi connectivity index (χ4v) is 2.26. The first-order valence-electron chi connectivity index (χ1n) is 7.25. The van der Waals surface area contributed by atoms with E-state index in [1.54, 1.807) is 4.90 Å². The largest absolute Gasteiger partial charge is 0.484 e. The lowest BCUT2D eigenvalue weighted by atomic mass is 10.1. The number of amides is 1. The van der Waals surface area contributed by atoms with Gasteiger partial charge in [0.05, 0.1) is 0 Å². The van der Waals surface area contributed by atoms with Crippen molar-refractivity contribution in [3.63, 3.8) is 0 Å². The summed E-state index contributed by atoms with van der Waals surface area (Å²) in [6.07, 6.45) is 0.212. The molecular weight excluding hydrogens is 273 g/mol. The van der Waals surface area contributed by atoms with Crippen molar-refractivity contribution in [3.05, 3.63) is 29.3 Å². The molecule has 0 saturated carbocycles. The summed E-state index contributed by atoms with van der Waals surface area (Å²) in [5, 5.41) is 0. The first-order valence-corrected chi connectivity index (χ1v) is 7.25. The molecule has 5 heteroatoms. The van der Waals surface area contributed by atoms with E-state index in [0.717, 1.165) is 12.0 Å². The Balaban J connectivity index is 1.89. The van der Waals surface area contributed by atoms with Crippen molar-refractivity contribution in [2.75, 3.05) is 33.0 Å². The average Bonchev–Trinajstić information content (AvgIpc) is 2.73. The zero-order valence-electron chi connectivity index (χ0n) is 12.6. The van der Waals surface area contributed by atoms with Crippen molar-refractivity contribution in [3.8, 4) is 5.75 Å². The molecule has 1 heterocycles. The summed E-state index contributed by atoms with van der Waals surface area (Å²) in [6, 6.07) is 5.73. The smallest absolute Gasteiger partial charge is 0.260 e. The van der Waals surface area contributed by atoms with E-state index in [2.05, 4.69) is 0 Å². The number of alkyl halides is 1. The molecule has 0 unspecified atom stereocenters. The van der Waals surface area contributed by atoms with E-state index < -0.39 is 12.8 Å².